The molecule has 0 fully saturated rings. The molecule has 0 heterocycles. The smallest absolute Gasteiger partial charge is 0.244 e. The number of allylic oxidation sites excluding steroid dienone is 3. The predicted octanol–water partition coefficient (Wildman–Crippen LogP) is 1.42. The summed E-state index contributed by atoms with van der Waals surface area (Å²) in [6.45, 7) is 5.88. The van der Waals surface area contributed by atoms with Crippen LogP contribution in [0.4, 0.5) is 0 Å². The van der Waals surface area contributed by atoms with Crippen LogP contribution in [0.3, 0.4) is 0 Å². The second-order valence-corrected chi connectivity index (χ2v) is 1.92. The molecule has 11 heavy (non-hydrogen) atoms. The van der Waals surface area contributed by atoms with Gasteiger partial charge in [-0.25, -0.2) is 0 Å². The molecule has 60 valence electrons. The molecule has 0 radical (unpaired) electrons. The maximum absolute atomic E-state index is 10.8. The summed E-state index contributed by atoms with van der Waals surface area (Å²) in [6, 6.07) is 0. The third-order valence-corrected chi connectivity index (χ3v) is 0.972. The molecule has 2 nitrogen and oxygen atoms in total. The molecule has 2 heteroatoms. The summed E-state index contributed by atoms with van der Waals surface area (Å²) in [4.78, 5) is 10.8. The van der Waals surface area contributed by atoms with Gasteiger partial charge in [0, 0.05) is 12.6 Å². The average molecular weight is 151 g/mol. The largest absolute Gasteiger partial charge is 0.349 e. The van der Waals surface area contributed by atoms with Crippen molar-refractivity contribution in [3.05, 3.63) is 37.0 Å². The van der Waals surface area contributed by atoms with Gasteiger partial charge in [0.25, 0.3) is 0 Å². The van der Waals surface area contributed by atoms with E-state index in [4.69, 9.17) is 0 Å². The van der Waals surface area contributed by atoms with E-state index in [0.717, 1.165) is 0 Å². The molecule has 1 N–H and O–H groups in total. The van der Waals surface area contributed by atoms with Crippen molar-refractivity contribution in [2.24, 2.45) is 0 Å². The van der Waals surface area contributed by atoms with Gasteiger partial charge in [0.05, 0.1) is 0 Å². The standard InChI is InChI=1S/C9H13NO/c1-3-5-6-7-9(11)10-8-4-2/h3-7H,2,8H2,1H3,(H,10,11)/b5-3+,7-6+. The van der Waals surface area contributed by atoms with Crippen LogP contribution in [-0.4, -0.2) is 12.5 Å². The Bertz CT molecular complexity index is 180. The molecule has 0 unspecified atom stereocenters. The van der Waals surface area contributed by atoms with Gasteiger partial charge in [0.2, 0.25) is 5.91 Å². The Labute approximate surface area is 67.3 Å². The molecular weight excluding hydrogens is 138 g/mol. The number of carbonyl (C=O) groups excluding carboxylic acids is 1. The Morgan fingerprint density at radius 1 is 1.55 bits per heavy atom. The number of amides is 1. The molecule has 0 atom stereocenters. The van der Waals surface area contributed by atoms with Crippen LogP contribution in [0.5, 0.6) is 0 Å². The maximum atomic E-state index is 10.8. The summed E-state index contributed by atoms with van der Waals surface area (Å²) in [7, 11) is 0. The van der Waals surface area contributed by atoms with E-state index in [0.29, 0.717) is 6.54 Å². The van der Waals surface area contributed by atoms with Crippen LogP contribution in [0.2, 0.25) is 0 Å². The third-order valence-electron chi connectivity index (χ3n) is 0.972. The second-order valence-electron chi connectivity index (χ2n) is 1.92. The molecule has 0 spiro atoms. The van der Waals surface area contributed by atoms with Crippen molar-refractivity contribution < 1.29 is 4.79 Å². The molecule has 0 aromatic rings. The Hall–Kier alpha value is -1.31. The van der Waals surface area contributed by atoms with E-state index in [-0.39, 0.29) is 5.91 Å². The number of carbonyl (C=O) groups is 1. The Morgan fingerprint density at radius 2 is 2.27 bits per heavy atom. The molecule has 0 aliphatic rings. The van der Waals surface area contributed by atoms with E-state index in [1.165, 1.54) is 6.08 Å². The van der Waals surface area contributed by atoms with E-state index in [9.17, 15) is 4.79 Å². The monoisotopic (exact) mass is 151 g/mol. The van der Waals surface area contributed by atoms with E-state index in [1.54, 1.807) is 18.2 Å². The highest BCUT2D eigenvalue weighted by atomic mass is 16.1. The van der Waals surface area contributed by atoms with Gasteiger partial charge >= 0.3 is 0 Å². The highest BCUT2D eigenvalue weighted by Gasteiger charge is 1.87. The zero-order chi connectivity index (χ0) is 8.53. The molecule has 0 aliphatic carbocycles. The van der Waals surface area contributed by atoms with Gasteiger partial charge in [-0.15, -0.1) is 6.58 Å². The zero-order valence-electron chi connectivity index (χ0n) is 6.71. The molecular formula is C9H13NO. The molecule has 0 aromatic carbocycles. The first-order valence-corrected chi connectivity index (χ1v) is 3.49. The minimum atomic E-state index is -0.0944. The first kappa shape index (κ1) is 9.69. The van der Waals surface area contributed by atoms with Crippen LogP contribution in [-0.2, 0) is 4.79 Å². The van der Waals surface area contributed by atoms with Gasteiger partial charge in [0.15, 0.2) is 0 Å². The summed E-state index contributed by atoms with van der Waals surface area (Å²) in [5, 5.41) is 2.61. The Morgan fingerprint density at radius 3 is 2.82 bits per heavy atom. The molecule has 0 rings (SSSR count). The molecule has 0 aromatic heterocycles. The van der Waals surface area contributed by atoms with Crippen LogP contribution >= 0.6 is 0 Å². The minimum absolute atomic E-state index is 0.0944. The van der Waals surface area contributed by atoms with Gasteiger partial charge in [-0.3, -0.25) is 4.79 Å². The molecule has 0 aliphatic heterocycles. The summed E-state index contributed by atoms with van der Waals surface area (Å²) in [5.74, 6) is -0.0944. The number of nitrogens with one attached hydrogen (secondary N) is 1. The first-order chi connectivity index (χ1) is 5.31. The van der Waals surface area contributed by atoms with Gasteiger partial charge < -0.3 is 5.32 Å². The second kappa shape index (κ2) is 6.81. The lowest BCUT2D eigenvalue weighted by molar-refractivity contribution is -0.116. The van der Waals surface area contributed by atoms with Crippen LogP contribution < -0.4 is 5.32 Å². The van der Waals surface area contributed by atoms with Crippen molar-refractivity contribution in [3.63, 3.8) is 0 Å². The third kappa shape index (κ3) is 6.58. The van der Waals surface area contributed by atoms with E-state index in [1.807, 2.05) is 13.0 Å². The minimum Gasteiger partial charge on any atom is -0.349 e. The molecule has 0 bridgehead atoms. The quantitative estimate of drug-likeness (QED) is 0.367. The van der Waals surface area contributed by atoms with Crippen molar-refractivity contribution in [3.8, 4) is 0 Å². The zero-order valence-corrected chi connectivity index (χ0v) is 6.71. The van der Waals surface area contributed by atoms with Crippen LogP contribution in [0, 0.1) is 0 Å². The van der Waals surface area contributed by atoms with Crippen LogP contribution in [0.15, 0.2) is 37.0 Å². The molecule has 0 saturated carbocycles. The van der Waals surface area contributed by atoms with Gasteiger partial charge in [-0.1, -0.05) is 24.3 Å². The van der Waals surface area contributed by atoms with Gasteiger partial charge in [0.1, 0.15) is 0 Å². The van der Waals surface area contributed by atoms with E-state index in [2.05, 4.69) is 11.9 Å². The normalized spacial score (nSPS) is 10.6. The fraction of sp³-hybridized carbons (Fsp3) is 0.222. The highest BCUT2D eigenvalue weighted by molar-refractivity contribution is 5.87. The summed E-state index contributed by atoms with van der Waals surface area (Å²) in [5.41, 5.74) is 0. The summed E-state index contributed by atoms with van der Waals surface area (Å²) >= 11 is 0. The Balaban J connectivity index is 3.59. The average Bonchev–Trinajstić information content (AvgIpc) is 2.01. The van der Waals surface area contributed by atoms with E-state index >= 15 is 0 Å². The van der Waals surface area contributed by atoms with E-state index < -0.39 is 0 Å². The maximum Gasteiger partial charge on any atom is 0.244 e. The van der Waals surface area contributed by atoms with Crippen molar-refractivity contribution >= 4 is 5.91 Å². The van der Waals surface area contributed by atoms with Crippen molar-refractivity contribution in [1.29, 1.82) is 0 Å². The van der Waals surface area contributed by atoms with Gasteiger partial charge in [-0.2, -0.15) is 0 Å². The predicted molar refractivity (Wildman–Crippen MR) is 47.2 cm³/mol. The van der Waals surface area contributed by atoms with Gasteiger partial charge in [-0.05, 0) is 6.92 Å². The fourth-order valence-electron chi connectivity index (χ4n) is 0.486. The van der Waals surface area contributed by atoms with Crippen LogP contribution in [0.1, 0.15) is 6.92 Å². The lowest BCUT2D eigenvalue weighted by Gasteiger charge is -1.93. The topological polar surface area (TPSA) is 29.1 Å². The fourth-order valence-corrected chi connectivity index (χ4v) is 0.486. The number of hydrogen-bond donors (Lipinski definition) is 1. The van der Waals surface area contributed by atoms with Crippen LogP contribution in [0.25, 0.3) is 0 Å². The number of rotatable bonds is 4. The SMILES string of the molecule is C=CCNC(=O)/C=C/C=C/C. The number of hydrogen-bond acceptors (Lipinski definition) is 1. The molecule has 1 amide bonds. The molecule has 0 saturated heterocycles. The first-order valence-electron chi connectivity index (χ1n) is 3.49. The lowest BCUT2D eigenvalue weighted by atomic mass is 10.4. The Kier molecular flexibility index (Phi) is 5.99. The van der Waals surface area contributed by atoms with Crippen molar-refractivity contribution in [1.82, 2.24) is 5.32 Å². The summed E-state index contributed by atoms with van der Waals surface area (Å²) < 4.78 is 0. The highest BCUT2D eigenvalue weighted by Crippen LogP contribution is 1.76. The van der Waals surface area contributed by atoms with Crippen molar-refractivity contribution in [2.75, 3.05) is 6.54 Å². The van der Waals surface area contributed by atoms with Crippen molar-refractivity contribution in [2.45, 2.75) is 6.92 Å². The lowest BCUT2D eigenvalue weighted by Crippen LogP contribution is -2.20. The summed E-state index contributed by atoms with van der Waals surface area (Å²) in [6.07, 6.45) is 8.47.